The van der Waals surface area contributed by atoms with E-state index in [9.17, 15) is 14.0 Å². The second-order valence-electron chi connectivity index (χ2n) is 6.69. The van der Waals surface area contributed by atoms with E-state index in [0.717, 1.165) is 0 Å². The van der Waals surface area contributed by atoms with Crippen molar-refractivity contribution < 1.29 is 18.7 Å². The molecule has 10 heteroatoms. The molecule has 0 spiro atoms. The van der Waals surface area contributed by atoms with E-state index in [4.69, 9.17) is 4.74 Å². The fourth-order valence-electron chi connectivity index (χ4n) is 1.92. The fourth-order valence-corrected chi connectivity index (χ4v) is 1.92. The Labute approximate surface area is 182 Å². The van der Waals surface area contributed by atoms with Crippen molar-refractivity contribution in [3.8, 4) is 0 Å². The number of nitrogens with one attached hydrogen (secondary N) is 4. The van der Waals surface area contributed by atoms with Crippen LogP contribution in [-0.2, 0) is 9.53 Å². The molecule has 1 aromatic rings. The van der Waals surface area contributed by atoms with Crippen LogP contribution in [0.15, 0.2) is 29.3 Å². The lowest BCUT2D eigenvalue weighted by Gasteiger charge is -2.19. The monoisotopic (exact) mass is 509 g/mol. The molecule has 1 aromatic carbocycles. The summed E-state index contributed by atoms with van der Waals surface area (Å²) in [7, 11) is 1.59. The van der Waals surface area contributed by atoms with Crippen molar-refractivity contribution in [2.45, 2.75) is 32.8 Å². The number of ether oxygens (including phenoxy) is 1. The SMILES string of the molecule is CN=C(NCCCNC(=O)OC(C)(C)C)NCC(=O)Nc1ccc(F)cc1.I. The average molecular weight is 509 g/mol. The highest BCUT2D eigenvalue weighted by molar-refractivity contribution is 14.0. The first-order chi connectivity index (χ1) is 12.7. The van der Waals surface area contributed by atoms with Crippen molar-refractivity contribution in [1.82, 2.24) is 16.0 Å². The van der Waals surface area contributed by atoms with Crippen LogP contribution in [0.1, 0.15) is 27.2 Å². The second kappa shape index (κ2) is 13.1. The number of halogens is 2. The number of rotatable bonds is 7. The molecule has 0 aliphatic carbocycles. The Bertz CT molecular complexity index is 648. The lowest BCUT2D eigenvalue weighted by atomic mass is 10.2. The summed E-state index contributed by atoms with van der Waals surface area (Å²) >= 11 is 0. The number of carbonyl (C=O) groups is 2. The molecule has 0 saturated carbocycles. The van der Waals surface area contributed by atoms with Crippen LogP contribution >= 0.6 is 24.0 Å². The summed E-state index contributed by atoms with van der Waals surface area (Å²) in [5, 5.41) is 11.2. The topological polar surface area (TPSA) is 104 Å². The summed E-state index contributed by atoms with van der Waals surface area (Å²) in [5.74, 6) is -0.186. The summed E-state index contributed by atoms with van der Waals surface area (Å²) < 4.78 is 18.0. The summed E-state index contributed by atoms with van der Waals surface area (Å²) in [5.41, 5.74) is -0.0117. The first-order valence-electron chi connectivity index (χ1n) is 8.66. The number of guanidine groups is 1. The van der Waals surface area contributed by atoms with Gasteiger partial charge in [-0.2, -0.15) is 0 Å². The molecule has 0 heterocycles. The number of alkyl carbamates (subject to hydrolysis) is 1. The number of nitrogens with zero attached hydrogens (tertiary/aromatic N) is 1. The Kier molecular flexibility index (Phi) is 12.1. The highest BCUT2D eigenvalue weighted by Crippen LogP contribution is 2.07. The van der Waals surface area contributed by atoms with Crippen molar-refractivity contribution in [3.05, 3.63) is 30.1 Å². The maximum absolute atomic E-state index is 12.8. The van der Waals surface area contributed by atoms with Gasteiger partial charge in [-0.15, -0.1) is 24.0 Å². The van der Waals surface area contributed by atoms with E-state index in [0.29, 0.717) is 31.2 Å². The van der Waals surface area contributed by atoms with Crippen LogP contribution in [0.3, 0.4) is 0 Å². The maximum Gasteiger partial charge on any atom is 0.407 e. The van der Waals surface area contributed by atoms with E-state index in [1.807, 2.05) is 0 Å². The second-order valence-corrected chi connectivity index (χ2v) is 6.69. The zero-order valence-corrected chi connectivity index (χ0v) is 18.9. The fraction of sp³-hybridized carbons (Fsp3) is 0.500. The molecular formula is C18H29FIN5O3. The Morgan fingerprint density at radius 1 is 1.07 bits per heavy atom. The predicted molar refractivity (Wildman–Crippen MR) is 119 cm³/mol. The van der Waals surface area contributed by atoms with Gasteiger partial charge in [-0.05, 0) is 51.5 Å². The van der Waals surface area contributed by atoms with Crippen LogP contribution < -0.4 is 21.3 Å². The third-order valence-electron chi connectivity index (χ3n) is 3.08. The summed E-state index contributed by atoms with van der Waals surface area (Å²) in [4.78, 5) is 27.4. The van der Waals surface area contributed by atoms with Gasteiger partial charge >= 0.3 is 6.09 Å². The van der Waals surface area contributed by atoms with Gasteiger partial charge in [0.05, 0.1) is 6.54 Å². The van der Waals surface area contributed by atoms with Crippen LogP contribution in [-0.4, -0.2) is 50.2 Å². The van der Waals surface area contributed by atoms with Gasteiger partial charge in [0, 0.05) is 25.8 Å². The van der Waals surface area contributed by atoms with E-state index in [1.165, 1.54) is 24.3 Å². The molecule has 0 bridgehead atoms. The zero-order valence-electron chi connectivity index (χ0n) is 16.6. The van der Waals surface area contributed by atoms with Gasteiger partial charge in [-0.25, -0.2) is 9.18 Å². The molecule has 2 amide bonds. The van der Waals surface area contributed by atoms with Crippen molar-refractivity contribution in [2.75, 3.05) is 32.0 Å². The molecule has 0 unspecified atom stereocenters. The predicted octanol–water partition coefficient (Wildman–Crippen LogP) is 2.46. The number of hydrogen-bond donors (Lipinski definition) is 4. The van der Waals surface area contributed by atoms with Gasteiger partial charge in [-0.3, -0.25) is 9.79 Å². The van der Waals surface area contributed by atoms with Crippen molar-refractivity contribution >= 4 is 47.6 Å². The number of amides is 2. The first kappa shape index (κ1) is 25.9. The van der Waals surface area contributed by atoms with E-state index in [1.54, 1.807) is 27.8 Å². The summed E-state index contributed by atoms with van der Waals surface area (Å²) in [6.07, 6.45) is 0.198. The Morgan fingerprint density at radius 3 is 2.25 bits per heavy atom. The Balaban J connectivity index is 0.00000729. The van der Waals surface area contributed by atoms with Crippen LogP contribution in [0.2, 0.25) is 0 Å². The minimum Gasteiger partial charge on any atom is -0.444 e. The minimum absolute atomic E-state index is 0. The number of anilines is 1. The molecule has 0 aliphatic rings. The van der Waals surface area contributed by atoms with E-state index < -0.39 is 11.7 Å². The van der Waals surface area contributed by atoms with Crippen molar-refractivity contribution in [1.29, 1.82) is 0 Å². The van der Waals surface area contributed by atoms with E-state index >= 15 is 0 Å². The minimum atomic E-state index is -0.525. The smallest absolute Gasteiger partial charge is 0.407 e. The van der Waals surface area contributed by atoms with Crippen LogP contribution in [0.25, 0.3) is 0 Å². The standard InChI is InChI=1S/C18H28FN5O3.HI/c1-18(2,3)27-17(26)22-11-5-10-21-16(20-4)23-12-15(25)24-14-8-6-13(19)7-9-14;/h6-9H,5,10-12H2,1-4H3,(H,22,26)(H,24,25)(H2,20,21,23);1H. The Hall–Kier alpha value is -2.11. The average Bonchev–Trinajstić information content (AvgIpc) is 2.57. The van der Waals surface area contributed by atoms with Gasteiger partial charge < -0.3 is 26.0 Å². The molecule has 4 N–H and O–H groups in total. The molecule has 8 nitrogen and oxygen atoms in total. The maximum atomic E-state index is 12.8. The van der Waals surface area contributed by atoms with Gasteiger partial charge in [-0.1, -0.05) is 0 Å². The van der Waals surface area contributed by atoms with Crippen LogP contribution in [0, 0.1) is 5.82 Å². The van der Waals surface area contributed by atoms with E-state index in [-0.39, 0.29) is 42.2 Å². The largest absolute Gasteiger partial charge is 0.444 e. The molecule has 0 aliphatic heterocycles. The van der Waals surface area contributed by atoms with Gasteiger partial charge in [0.2, 0.25) is 5.91 Å². The molecular weight excluding hydrogens is 480 g/mol. The molecule has 0 saturated heterocycles. The molecule has 0 fully saturated rings. The van der Waals surface area contributed by atoms with Crippen LogP contribution in [0.4, 0.5) is 14.9 Å². The molecule has 158 valence electrons. The summed E-state index contributed by atoms with van der Waals surface area (Å²) in [6, 6.07) is 5.51. The number of benzene rings is 1. The van der Waals surface area contributed by atoms with Gasteiger partial charge in [0.1, 0.15) is 11.4 Å². The third-order valence-corrected chi connectivity index (χ3v) is 3.08. The normalized spacial score (nSPS) is 11.1. The molecule has 0 radical (unpaired) electrons. The first-order valence-corrected chi connectivity index (χ1v) is 8.66. The Morgan fingerprint density at radius 2 is 1.68 bits per heavy atom. The molecule has 28 heavy (non-hydrogen) atoms. The summed E-state index contributed by atoms with van der Waals surface area (Å²) in [6.45, 7) is 6.41. The highest BCUT2D eigenvalue weighted by atomic mass is 127. The van der Waals surface area contributed by atoms with Crippen molar-refractivity contribution in [3.63, 3.8) is 0 Å². The van der Waals surface area contributed by atoms with Gasteiger partial charge in [0.15, 0.2) is 5.96 Å². The number of hydrogen-bond acceptors (Lipinski definition) is 4. The molecule has 1 rings (SSSR count). The lowest BCUT2D eigenvalue weighted by molar-refractivity contribution is -0.115. The van der Waals surface area contributed by atoms with Gasteiger partial charge in [0.25, 0.3) is 0 Å². The number of carbonyl (C=O) groups excluding carboxylic acids is 2. The van der Waals surface area contributed by atoms with Crippen LogP contribution in [0.5, 0.6) is 0 Å². The van der Waals surface area contributed by atoms with E-state index in [2.05, 4.69) is 26.3 Å². The highest BCUT2D eigenvalue weighted by Gasteiger charge is 2.15. The zero-order chi connectivity index (χ0) is 20.3. The molecule has 0 aromatic heterocycles. The van der Waals surface area contributed by atoms with Crippen molar-refractivity contribution in [2.24, 2.45) is 4.99 Å². The molecule has 0 atom stereocenters. The quantitative estimate of drug-likeness (QED) is 0.196. The third kappa shape index (κ3) is 12.3. The lowest BCUT2D eigenvalue weighted by Crippen LogP contribution is -2.42. The number of aliphatic imine (C=N–C) groups is 1.